The smallest absolute Gasteiger partial charge is 0.221 e. The monoisotopic (exact) mass is 300 g/mol. The molecule has 0 atom stereocenters. The minimum absolute atomic E-state index is 0.115. The first-order valence-corrected chi connectivity index (χ1v) is 6.22. The van der Waals surface area contributed by atoms with Crippen LogP contribution >= 0.6 is 15.9 Å². The van der Waals surface area contributed by atoms with E-state index in [0.29, 0.717) is 12.3 Å². The number of benzene rings is 1. The fraction of sp³-hybridized carbons (Fsp3) is 0.417. The summed E-state index contributed by atoms with van der Waals surface area (Å²) < 4.78 is 6.21. The lowest BCUT2D eigenvalue weighted by atomic mass is 10.1. The number of amides is 1. The van der Waals surface area contributed by atoms with Crippen LogP contribution < -0.4 is 15.8 Å². The van der Waals surface area contributed by atoms with Gasteiger partial charge >= 0.3 is 0 Å². The Morgan fingerprint density at radius 1 is 1.53 bits per heavy atom. The van der Waals surface area contributed by atoms with E-state index in [0.717, 1.165) is 28.6 Å². The molecular weight excluding hydrogens is 284 g/mol. The van der Waals surface area contributed by atoms with Crippen molar-refractivity contribution < 1.29 is 9.53 Å². The van der Waals surface area contributed by atoms with Crippen molar-refractivity contribution in [3.8, 4) is 5.75 Å². The summed E-state index contributed by atoms with van der Waals surface area (Å²) in [4.78, 5) is 11.2. The summed E-state index contributed by atoms with van der Waals surface area (Å²) in [6.45, 7) is 2.09. The van der Waals surface area contributed by atoms with Crippen LogP contribution in [0.25, 0.3) is 0 Å². The van der Waals surface area contributed by atoms with E-state index in [4.69, 9.17) is 10.5 Å². The zero-order valence-corrected chi connectivity index (χ0v) is 11.6. The van der Waals surface area contributed by atoms with Gasteiger partial charge in [-0.1, -0.05) is 15.9 Å². The number of ether oxygens (including phenoxy) is 1. The highest BCUT2D eigenvalue weighted by Crippen LogP contribution is 2.34. The van der Waals surface area contributed by atoms with Crippen LogP contribution in [0.5, 0.6) is 5.75 Å². The van der Waals surface area contributed by atoms with Crippen LogP contribution in [0.3, 0.4) is 0 Å². The molecule has 0 aliphatic rings. The minimum atomic E-state index is -0.115. The van der Waals surface area contributed by atoms with Crippen molar-refractivity contribution >= 4 is 27.5 Å². The van der Waals surface area contributed by atoms with E-state index in [1.54, 1.807) is 7.11 Å². The van der Waals surface area contributed by atoms with Gasteiger partial charge in [0.15, 0.2) is 0 Å². The molecule has 1 aromatic rings. The molecule has 0 saturated heterocycles. The first-order valence-electron chi connectivity index (χ1n) is 5.43. The summed E-state index contributed by atoms with van der Waals surface area (Å²) in [7, 11) is 1.58. The molecule has 3 N–H and O–H groups in total. The van der Waals surface area contributed by atoms with E-state index in [9.17, 15) is 4.79 Å². The molecule has 17 heavy (non-hydrogen) atoms. The van der Waals surface area contributed by atoms with Crippen molar-refractivity contribution in [1.29, 1.82) is 0 Å². The molecule has 1 amide bonds. The molecule has 0 spiro atoms. The summed E-state index contributed by atoms with van der Waals surface area (Å²) >= 11 is 3.48. The number of anilines is 1. The third-order valence-corrected chi connectivity index (χ3v) is 3.11. The molecule has 1 aromatic carbocycles. The summed E-state index contributed by atoms with van der Waals surface area (Å²) in [6, 6.07) is 3.73. The number of halogens is 1. The fourth-order valence-electron chi connectivity index (χ4n) is 1.61. The maximum Gasteiger partial charge on any atom is 0.221 e. The second-order valence-electron chi connectivity index (χ2n) is 3.68. The Labute approximate surface area is 110 Å². The van der Waals surface area contributed by atoms with Crippen LogP contribution in [-0.4, -0.2) is 19.6 Å². The summed E-state index contributed by atoms with van der Waals surface area (Å²) in [6.07, 6.45) is 1.66. The molecular formula is C12H17BrN2O2. The Kier molecular flexibility index (Phi) is 5.44. The number of nitrogens with one attached hydrogen (secondary N) is 1. The Bertz CT molecular complexity index is 408. The zero-order valence-electron chi connectivity index (χ0n) is 10.0. The molecule has 0 bridgehead atoms. The fourth-order valence-corrected chi connectivity index (χ4v) is 2.14. The highest BCUT2D eigenvalue weighted by Gasteiger charge is 2.13. The average Bonchev–Trinajstić information content (AvgIpc) is 2.28. The molecule has 0 aliphatic heterocycles. The van der Waals surface area contributed by atoms with Gasteiger partial charge in [-0.15, -0.1) is 0 Å². The number of rotatable bonds is 5. The van der Waals surface area contributed by atoms with Crippen LogP contribution in [0.15, 0.2) is 16.6 Å². The van der Waals surface area contributed by atoms with Gasteiger partial charge in [-0.2, -0.15) is 0 Å². The third kappa shape index (κ3) is 3.71. The number of methoxy groups -OCH3 is 1. The molecule has 5 heteroatoms. The molecule has 4 nitrogen and oxygen atoms in total. The molecule has 1 rings (SSSR count). The first-order chi connectivity index (χ1) is 8.10. The van der Waals surface area contributed by atoms with Crippen LogP contribution in [0.4, 0.5) is 5.69 Å². The normalized spacial score (nSPS) is 10.1. The average molecular weight is 301 g/mol. The van der Waals surface area contributed by atoms with E-state index < -0.39 is 0 Å². The lowest BCUT2D eigenvalue weighted by molar-refractivity contribution is -0.114. The van der Waals surface area contributed by atoms with E-state index in [-0.39, 0.29) is 5.91 Å². The van der Waals surface area contributed by atoms with Gasteiger partial charge in [0.2, 0.25) is 5.91 Å². The second kappa shape index (κ2) is 6.61. The maximum atomic E-state index is 11.2. The Morgan fingerprint density at radius 3 is 2.76 bits per heavy atom. The Hall–Kier alpha value is -1.07. The van der Waals surface area contributed by atoms with Crippen molar-refractivity contribution in [3.63, 3.8) is 0 Å². The van der Waals surface area contributed by atoms with Gasteiger partial charge in [0.05, 0.1) is 12.8 Å². The predicted molar refractivity (Wildman–Crippen MR) is 72.4 cm³/mol. The molecule has 0 radical (unpaired) electrons. The number of carbonyl (C=O) groups excluding carboxylic acids is 1. The second-order valence-corrected chi connectivity index (χ2v) is 4.53. The minimum Gasteiger partial charge on any atom is -0.495 e. The van der Waals surface area contributed by atoms with E-state index in [1.165, 1.54) is 6.92 Å². The Morgan fingerprint density at radius 2 is 2.24 bits per heavy atom. The Balaban J connectivity index is 3.16. The largest absolute Gasteiger partial charge is 0.495 e. The van der Waals surface area contributed by atoms with Crippen molar-refractivity contribution in [2.24, 2.45) is 5.73 Å². The van der Waals surface area contributed by atoms with Crippen LogP contribution in [0, 0.1) is 0 Å². The highest BCUT2D eigenvalue weighted by molar-refractivity contribution is 9.10. The van der Waals surface area contributed by atoms with Crippen molar-refractivity contribution in [1.82, 2.24) is 0 Å². The first kappa shape index (κ1) is 14.0. The topological polar surface area (TPSA) is 64.3 Å². The van der Waals surface area contributed by atoms with E-state index in [1.807, 2.05) is 12.1 Å². The molecule has 0 unspecified atom stereocenters. The summed E-state index contributed by atoms with van der Waals surface area (Å²) in [5.74, 6) is 0.547. The number of carbonyl (C=O) groups is 1. The summed E-state index contributed by atoms with van der Waals surface area (Å²) in [5, 5.41) is 2.81. The molecule has 0 aliphatic carbocycles. The number of nitrogens with two attached hydrogens (primary N) is 1. The third-order valence-electron chi connectivity index (χ3n) is 2.37. The highest BCUT2D eigenvalue weighted by atomic mass is 79.9. The lowest BCUT2D eigenvalue weighted by Crippen LogP contribution is -2.11. The molecule has 0 aromatic heterocycles. The molecule has 0 fully saturated rings. The van der Waals surface area contributed by atoms with E-state index in [2.05, 4.69) is 21.2 Å². The maximum absolute atomic E-state index is 11.2. The quantitative estimate of drug-likeness (QED) is 0.877. The zero-order chi connectivity index (χ0) is 12.8. The van der Waals surface area contributed by atoms with Gasteiger partial charge in [0, 0.05) is 11.4 Å². The van der Waals surface area contributed by atoms with Gasteiger partial charge < -0.3 is 15.8 Å². The van der Waals surface area contributed by atoms with Crippen LogP contribution in [0.2, 0.25) is 0 Å². The van der Waals surface area contributed by atoms with Crippen molar-refractivity contribution in [3.05, 3.63) is 22.2 Å². The van der Waals surface area contributed by atoms with Gasteiger partial charge in [-0.05, 0) is 37.1 Å². The predicted octanol–water partition coefficient (Wildman–Crippen LogP) is 2.31. The SMILES string of the molecule is COc1ccc(Br)c(CCCN)c1NC(C)=O. The van der Waals surface area contributed by atoms with Gasteiger partial charge in [0.1, 0.15) is 5.75 Å². The lowest BCUT2D eigenvalue weighted by Gasteiger charge is -2.15. The molecule has 94 valence electrons. The van der Waals surface area contributed by atoms with Gasteiger partial charge in [0.25, 0.3) is 0 Å². The standard InChI is InChI=1S/C12H17BrN2O2/c1-8(16)15-12-9(4-3-7-14)10(13)5-6-11(12)17-2/h5-6H,3-4,7,14H2,1-2H3,(H,15,16). The number of hydrogen-bond donors (Lipinski definition) is 2. The summed E-state index contributed by atoms with van der Waals surface area (Å²) in [5.41, 5.74) is 7.26. The molecule has 0 heterocycles. The van der Waals surface area contributed by atoms with Crippen LogP contribution in [0.1, 0.15) is 18.9 Å². The van der Waals surface area contributed by atoms with Crippen molar-refractivity contribution in [2.45, 2.75) is 19.8 Å². The van der Waals surface area contributed by atoms with Gasteiger partial charge in [-0.3, -0.25) is 4.79 Å². The van der Waals surface area contributed by atoms with Crippen molar-refractivity contribution in [2.75, 3.05) is 19.0 Å². The van der Waals surface area contributed by atoms with E-state index >= 15 is 0 Å². The van der Waals surface area contributed by atoms with Gasteiger partial charge in [-0.25, -0.2) is 0 Å². The molecule has 0 saturated carbocycles. The number of hydrogen-bond acceptors (Lipinski definition) is 3. The van der Waals surface area contributed by atoms with Crippen LogP contribution in [-0.2, 0) is 11.2 Å².